The van der Waals surface area contributed by atoms with Gasteiger partial charge < -0.3 is 15.0 Å². The maximum atomic E-state index is 5.40. The zero-order valence-electron chi connectivity index (χ0n) is 14.0. The first-order valence-electron chi connectivity index (χ1n) is 8.15. The SMILES string of the molecule is COc1ccc(C)cc1Nc1nccc(N2CCCC(C)C2)n1. The number of aryl methyl sites for hydroxylation is 1. The van der Waals surface area contributed by atoms with Crippen LogP contribution in [0.4, 0.5) is 17.5 Å². The summed E-state index contributed by atoms with van der Waals surface area (Å²) in [6.45, 7) is 6.47. The molecule has 122 valence electrons. The first-order chi connectivity index (χ1) is 11.2. The minimum Gasteiger partial charge on any atom is -0.495 e. The molecule has 0 radical (unpaired) electrons. The third kappa shape index (κ3) is 3.73. The summed E-state index contributed by atoms with van der Waals surface area (Å²) < 4.78 is 5.40. The number of aromatic nitrogens is 2. The molecule has 1 aromatic carbocycles. The Bertz CT molecular complexity index is 674. The summed E-state index contributed by atoms with van der Waals surface area (Å²) in [7, 11) is 1.67. The Morgan fingerprint density at radius 2 is 2.17 bits per heavy atom. The molecular formula is C18H24N4O. The predicted molar refractivity (Wildman–Crippen MR) is 93.7 cm³/mol. The van der Waals surface area contributed by atoms with Crippen LogP contribution >= 0.6 is 0 Å². The molecule has 1 aromatic heterocycles. The fourth-order valence-electron chi connectivity index (χ4n) is 3.02. The first-order valence-corrected chi connectivity index (χ1v) is 8.15. The summed E-state index contributed by atoms with van der Waals surface area (Å²) in [6.07, 6.45) is 4.33. The van der Waals surface area contributed by atoms with E-state index in [1.165, 1.54) is 12.8 Å². The Kier molecular flexibility index (Phi) is 4.65. The van der Waals surface area contributed by atoms with Gasteiger partial charge in [0.25, 0.3) is 0 Å². The number of ether oxygens (including phenoxy) is 1. The molecule has 1 aliphatic heterocycles. The van der Waals surface area contributed by atoms with Gasteiger partial charge in [-0.3, -0.25) is 0 Å². The number of anilines is 3. The highest BCUT2D eigenvalue weighted by Gasteiger charge is 2.18. The number of hydrogen-bond acceptors (Lipinski definition) is 5. The highest BCUT2D eigenvalue weighted by molar-refractivity contribution is 5.64. The van der Waals surface area contributed by atoms with E-state index in [1.807, 2.05) is 30.5 Å². The highest BCUT2D eigenvalue weighted by Crippen LogP contribution is 2.28. The summed E-state index contributed by atoms with van der Waals surface area (Å²) in [5.41, 5.74) is 2.05. The van der Waals surface area contributed by atoms with Crippen LogP contribution in [0.25, 0.3) is 0 Å². The largest absolute Gasteiger partial charge is 0.495 e. The van der Waals surface area contributed by atoms with Gasteiger partial charge in [0.05, 0.1) is 12.8 Å². The van der Waals surface area contributed by atoms with Crippen LogP contribution in [0.3, 0.4) is 0 Å². The summed E-state index contributed by atoms with van der Waals surface area (Å²) in [4.78, 5) is 11.4. The Balaban J connectivity index is 1.81. The third-order valence-corrected chi connectivity index (χ3v) is 4.22. The lowest BCUT2D eigenvalue weighted by atomic mass is 10.0. The maximum absolute atomic E-state index is 5.40. The summed E-state index contributed by atoms with van der Waals surface area (Å²) in [5.74, 6) is 3.09. The fraction of sp³-hybridized carbons (Fsp3) is 0.444. The normalized spacial score (nSPS) is 17.9. The molecule has 0 bridgehead atoms. The molecule has 5 nitrogen and oxygen atoms in total. The zero-order valence-corrected chi connectivity index (χ0v) is 14.0. The van der Waals surface area contributed by atoms with E-state index in [4.69, 9.17) is 4.74 Å². The third-order valence-electron chi connectivity index (χ3n) is 4.22. The lowest BCUT2D eigenvalue weighted by Gasteiger charge is -2.31. The number of hydrogen-bond donors (Lipinski definition) is 1. The zero-order chi connectivity index (χ0) is 16.2. The second kappa shape index (κ2) is 6.86. The van der Waals surface area contributed by atoms with Gasteiger partial charge in [0.2, 0.25) is 5.95 Å². The number of benzene rings is 1. The quantitative estimate of drug-likeness (QED) is 0.931. The topological polar surface area (TPSA) is 50.3 Å². The van der Waals surface area contributed by atoms with Gasteiger partial charge in [-0.2, -0.15) is 4.98 Å². The van der Waals surface area contributed by atoms with Crippen LogP contribution in [-0.2, 0) is 0 Å². The lowest BCUT2D eigenvalue weighted by Crippen LogP contribution is -2.34. The second-order valence-electron chi connectivity index (χ2n) is 6.26. The standard InChI is InChI=1S/C18H24N4O/c1-13-6-7-16(23-3)15(11-13)20-18-19-9-8-17(21-18)22-10-4-5-14(2)12-22/h6-9,11,14H,4-5,10,12H2,1-3H3,(H,19,20,21). The van der Waals surface area contributed by atoms with Crippen LogP contribution < -0.4 is 15.0 Å². The molecule has 1 fully saturated rings. The molecular weight excluding hydrogens is 288 g/mol. The maximum Gasteiger partial charge on any atom is 0.229 e. The van der Waals surface area contributed by atoms with E-state index in [9.17, 15) is 0 Å². The fourth-order valence-corrected chi connectivity index (χ4v) is 3.02. The van der Waals surface area contributed by atoms with Crippen molar-refractivity contribution in [3.05, 3.63) is 36.0 Å². The van der Waals surface area contributed by atoms with E-state index in [0.29, 0.717) is 11.9 Å². The van der Waals surface area contributed by atoms with Crippen molar-refractivity contribution in [2.45, 2.75) is 26.7 Å². The molecule has 5 heteroatoms. The van der Waals surface area contributed by atoms with Crippen LogP contribution in [0.2, 0.25) is 0 Å². The van der Waals surface area contributed by atoms with Gasteiger partial charge in [0, 0.05) is 19.3 Å². The van der Waals surface area contributed by atoms with Crippen molar-refractivity contribution in [3.63, 3.8) is 0 Å². The first kappa shape index (κ1) is 15.6. The van der Waals surface area contributed by atoms with Crippen molar-refractivity contribution in [2.75, 3.05) is 30.4 Å². The average Bonchev–Trinajstić information content (AvgIpc) is 2.55. The predicted octanol–water partition coefficient (Wildman–Crippen LogP) is 3.77. The molecule has 0 saturated carbocycles. The van der Waals surface area contributed by atoms with Crippen LogP contribution in [0.15, 0.2) is 30.5 Å². The number of nitrogens with zero attached hydrogens (tertiary/aromatic N) is 3. The molecule has 0 amide bonds. The molecule has 1 unspecified atom stereocenters. The Hall–Kier alpha value is -2.30. The summed E-state index contributed by atoms with van der Waals surface area (Å²) in [5, 5.41) is 3.28. The Morgan fingerprint density at radius 1 is 1.30 bits per heavy atom. The van der Waals surface area contributed by atoms with Crippen molar-refractivity contribution < 1.29 is 4.74 Å². The van der Waals surface area contributed by atoms with E-state index in [2.05, 4.69) is 34.0 Å². The monoisotopic (exact) mass is 312 g/mol. The smallest absolute Gasteiger partial charge is 0.229 e. The molecule has 1 aliphatic rings. The number of methoxy groups -OCH3 is 1. The van der Waals surface area contributed by atoms with Crippen molar-refractivity contribution in [3.8, 4) is 5.75 Å². The average molecular weight is 312 g/mol. The molecule has 1 saturated heterocycles. The Labute approximate surface area is 137 Å². The second-order valence-corrected chi connectivity index (χ2v) is 6.26. The summed E-state index contributed by atoms with van der Waals surface area (Å²) in [6, 6.07) is 8.00. The van der Waals surface area contributed by atoms with Gasteiger partial charge in [0.15, 0.2) is 0 Å². The minimum atomic E-state index is 0.602. The van der Waals surface area contributed by atoms with Gasteiger partial charge >= 0.3 is 0 Å². The van der Waals surface area contributed by atoms with Crippen LogP contribution in [0.5, 0.6) is 5.75 Å². The molecule has 2 heterocycles. The van der Waals surface area contributed by atoms with E-state index in [0.717, 1.165) is 35.9 Å². The van der Waals surface area contributed by atoms with Gasteiger partial charge in [-0.15, -0.1) is 0 Å². The van der Waals surface area contributed by atoms with Gasteiger partial charge in [-0.25, -0.2) is 4.98 Å². The molecule has 3 rings (SSSR count). The highest BCUT2D eigenvalue weighted by atomic mass is 16.5. The minimum absolute atomic E-state index is 0.602. The summed E-state index contributed by atoms with van der Waals surface area (Å²) >= 11 is 0. The van der Waals surface area contributed by atoms with Gasteiger partial charge in [0.1, 0.15) is 11.6 Å². The molecule has 0 aliphatic carbocycles. The van der Waals surface area contributed by atoms with Gasteiger partial charge in [-0.1, -0.05) is 13.0 Å². The molecule has 2 aromatic rings. The van der Waals surface area contributed by atoms with Crippen LogP contribution in [0.1, 0.15) is 25.3 Å². The molecule has 0 spiro atoms. The molecule has 1 N–H and O–H groups in total. The van der Waals surface area contributed by atoms with Crippen molar-refractivity contribution in [2.24, 2.45) is 5.92 Å². The van der Waals surface area contributed by atoms with E-state index in [1.54, 1.807) is 7.11 Å². The number of nitrogens with one attached hydrogen (secondary N) is 1. The van der Waals surface area contributed by atoms with Crippen LogP contribution in [0, 0.1) is 12.8 Å². The lowest BCUT2D eigenvalue weighted by molar-refractivity contribution is 0.416. The van der Waals surface area contributed by atoms with Gasteiger partial charge in [-0.05, 0) is 49.4 Å². The molecule has 1 atom stereocenters. The Morgan fingerprint density at radius 3 is 2.96 bits per heavy atom. The number of rotatable bonds is 4. The van der Waals surface area contributed by atoms with Crippen molar-refractivity contribution in [1.82, 2.24) is 9.97 Å². The van der Waals surface area contributed by atoms with Crippen molar-refractivity contribution >= 4 is 17.5 Å². The molecule has 23 heavy (non-hydrogen) atoms. The van der Waals surface area contributed by atoms with Crippen LogP contribution in [-0.4, -0.2) is 30.2 Å². The van der Waals surface area contributed by atoms with Crippen molar-refractivity contribution in [1.29, 1.82) is 0 Å². The van der Waals surface area contributed by atoms with E-state index >= 15 is 0 Å². The van der Waals surface area contributed by atoms with E-state index < -0.39 is 0 Å². The number of piperidine rings is 1. The van der Waals surface area contributed by atoms with E-state index in [-0.39, 0.29) is 0 Å².